The number of fused-ring (bicyclic) bond motifs is 2. The molecule has 0 radical (unpaired) electrons. The Morgan fingerprint density at radius 3 is 2.64 bits per heavy atom. The molecule has 2 amide bonds. The van der Waals surface area contributed by atoms with E-state index in [9.17, 15) is 9.59 Å². The van der Waals surface area contributed by atoms with E-state index in [0.29, 0.717) is 12.2 Å². The first kappa shape index (κ1) is 20.9. The van der Waals surface area contributed by atoms with Crippen molar-refractivity contribution in [2.75, 3.05) is 11.9 Å². The summed E-state index contributed by atoms with van der Waals surface area (Å²) in [5.41, 5.74) is 5.18. The first-order valence-corrected chi connectivity index (χ1v) is 11.2. The Kier molecular flexibility index (Phi) is 5.65. The van der Waals surface area contributed by atoms with Crippen molar-refractivity contribution in [3.8, 4) is 0 Å². The fourth-order valence-electron chi connectivity index (χ4n) is 4.64. The SMILES string of the molecule is Cn1ncc2ccc(NC(=O)CCC(=O)N3CCc4ccccc4C3c3ccccc3)cc21. The molecule has 1 aliphatic rings. The zero-order chi connectivity index (χ0) is 22.8. The zero-order valence-corrected chi connectivity index (χ0v) is 18.6. The van der Waals surface area contributed by atoms with Gasteiger partial charge in [-0.3, -0.25) is 14.3 Å². The number of carbonyl (C=O) groups is 2. The van der Waals surface area contributed by atoms with Crippen molar-refractivity contribution in [3.05, 3.63) is 95.7 Å². The number of aryl methyl sites for hydroxylation is 1. The Bertz CT molecular complexity index is 1310. The lowest BCUT2D eigenvalue weighted by Crippen LogP contribution is -2.40. The van der Waals surface area contributed by atoms with Gasteiger partial charge in [0.15, 0.2) is 0 Å². The van der Waals surface area contributed by atoms with Gasteiger partial charge in [-0.25, -0.2) is 0 Å². The lowest BCUT2D eigenvalue weighted by Gasteiger charge is -2.38. The number of nitrogens with zero attached hydrogens (tertiary/aromatic N) is 3. The van der Waals surface area contributed by atoms with E-state index in [1.54, 1.807) is 10.9 Å². The van der Waals surface area contributed by atoms with Crippen molar-refractivity contribution in [1.29, 1.82) is 0 Å². The number of anilines is 1. The van der Waals surface area contributed by atoms with Gasteiger partial charge in [0.05, 0.1) is 17.8 Å². The Hall–Kier alpha value is -3.93. The molecule has 2 heterocycles. The second-order valence-electron chi connectivity index (χ2n) is 8.44. The highest BCUT2D eigenvalue weighted by molar-refractivity contribution is 5.95. The molecule has 1 aliphatic heterocycles. The predicted octanol–water partition coefficient (Wildman–Crippen LogP) is 4.47. The van der Waals surface area contributed by atoms with Crippen LogP contribution in [-0.2, 0) is 23.1 Å². The Labute approximate surface area is 192 Å². The second-order valence-corrected chi connectivity index (χ2v) is 8.44. The van der Waals surface area contributed by atoms with Gasteiger partial charge in [0, 0.05) is 37.5 Å². The molecule has 0 spiro atoms. The fourth-order valence-corrected chi connectivity index (χ4v) is 4.64. The monoisotopic (exact) mass is 438 g/mol. The van der Waals surface area contributed by atoms with E-state index < -0.39 is 0 Å². The molecule has 0 saturated heterocycles. The van der Waals surface area contributed by atoms with Crippen LogP contribution >= 0.6 is 0 Å². The molecule has 1 N–H and O–H groups in total. The van der Waals surface area contributed by atoms with E-state index in [1.165, 1.54) is 5.56 Å². The lowest BCUT2D eigenvalue weighted by atomic mass is 9.88. The minimum Gasteiger partial charge on any atom is -0.331 e. The normalized spacial score (nSPS) is 15.3. The highest BCUT2D eigenvalue weighted by Gasteiger charge is 2.31. The molecule has 1 atom stereocenters. The van der Waals surface area contributed by atoms with Gasteiger partial charge in [0.1, 0.15) is 0 Å². The average Bonchev–Trinajstić information content (AvgIpc) is 3.22. The number of nitrogens with one attached hydrogen (secondary N) is 1. The zero-order valence-electron chi connectivity index (χ0n) is 18.6. The quantitative estimate of drug-likeness (QED) is 0.500. The third kappa shape index (κ3) is 4.24. The van der Waals surface area contributed by atoms with E-state index in [4.69, 9.17) is 0 Å². The molecule has 1 aromatic heterocycles. The predicted molar refractivity (Wildman–Crippen MR) is 129 cm³/mol. The minimum atomic E-state index is -0.168. The number of hydrogen-bond acceptors (Lipinski definition) is 3. The van der Waals surface area contributed by atoms with E-state index >= 15 is 0 Å². The minimum absolute atomic E-state index is 0.00408. The molecule has 0 aliphatic carbocycles. The fraction of sp³-hybridized carbons (Fsp3) is 0.222. The molecule has 6 heteroatoms. The van der Waals surface area contributed by atoms with Crippen LogP contribution in [0, 0.1) is 0 Å². The van der Waals surface area contributed by atoms with Gasteiger partial charge in [-0.1, -0.05) is 54.6 Å². The molecule has 4 aromatic rings. The van der Waals surface area contributed by atoms with Crippen molar-refractivity contribution in [3.63, 3.8) is 0 Å². The summed E-state index contributed by atoms with van der Waals surface area (Å²) in [5.74, 6) is -0.172. The molecule has 5 rings (SSSR count). The summed E-state index contributed by atoms with van der Waals surface area (Å²) in [5, 5.41) is 8.16. The number of rotatable bonds is 5. The summed E-state index contributed by atoms with van der Waals surface area (Å²) < 4.78 is 1.77. The van der Waals surface area contributed by atoms with Crippen LogP contribution in [0.15, 0.2) is 79.0 Å². The number of amides is 2. The summed E-state index contributed by atoms with van der Waals surface area (Å²) in [4.78, 5) is 27.8. The smallest absolute Gasteiger partial charge is 0.224 e. The largest absolute Gasteiger partial charge is 0.331 e. The molecular weight excluding hydrogens is 412 g/mol. The molecular formula is C27H26N4O2. The van der Waals surface area contributed by atoms with E-state index in [0.717, 1.165) is 28.5 Å². The van der Waals surface area contributed by atoms with E-state index in [-0.39, 0.29) is 30.7 Å². The van der Waals surface area contributed by atoms with Gasteiger partial charge >= 0.3 is 0 Å². The third-order valence-corrected chi connectivity index (χ3v) is 6.32. The Balaban J connectivity index is 1.29. The lowest BCUT2D eigenvalue weighted by molar-refractivity contribution is -0.134. The molecule has 0 saturated carbocycles. The topological polar surface area (TPSA) is 67.2 Å². The van der Waals surface area contributed by atoms with Crippen LogP contribution in [0.1, 0.15) is 35.6 Å². The first-order chi connectivity index (χ1) is 16.1. The molecule has 166 valence electrons. The van der Waals surface area contributed by atoms with Crippen LogP contribution in [0.5, 0.6) is 0 Å². The van der Waals surface area contributed by atoms with Crippen molar-refractivity contribution in [1.82, 2.24) is 14.7 Å². The Morgan fingerprint density at radius 1 is 1.00 bits per heavy atom. The van der Waals surface area contributed by atoms with Gasteiger partial charge < -0.3 is 10.2 Å². The highest BCUT2D eigenvalue weighted by atomic mass is 16.2. The van der Waals surface area contributed by atoms with Crippen molar-refractivity contribution in [2.45, 2.75) is 25.3 Å². The van der Waals surface area contributed by atoms with Crippen LogP contribution in [0.4, 0.5) is 5.69 Å². The van der Waals surface area contributed by atoms with Gasteiger partial charge in [0.25, 0.3) is 0 Å². The maximum atomic E-state index is 13.3. The van der Waals surface area contributed by atoms with Crippen LogP contribution in [0.2, 0.25) is 0 Å². The Morgan fingerprint density at radius 2 is 1.79 bits per heavy atom. The number of aromatic nitrogens is 2. The maximum absolute atomic E-state index is 13.3. The van der Waals surface area contributed by atoms with Crippen LogP contribution in [0.3, 0.4) is 0 Å². The molecule has 0 fully saturated rings. The third-order valence-electron chi connectivity index (χ3n) is 6.32. The number of carbonyl (C=O) groups excluding carboxylic acids is 2. The maximum Gasteiger partial charge on any atom is 0.224 e. The standard InChI is InChI=1S/C27H26N4O2/c1-30-24-17-22(12-11-21(24)18-28-30)29-25(32)13-14-26(33)31-16-15-19-7-5-6-10-23(19)27(31)20-8-3-2-4-9-20/h2-12,17-18,27H,13-16H2,1H3,(H,29,32). The van der Waals surface area contributed by atoms with E-state index in [1.807, 2.05) is 60.5 Å². The number of hydrogen-bond donors (Lipinski definition) is 1. The van der Waals surface area contributed by atoms with E-state index in [2.05, 4.69) is 34.7 Å². The van der Waals surface area contributed by atoms with Crippen LogP contribution < -0.4 is 5.32 Å². The molecule has 0 bridgehead atoms. The van der Waals surface area contributed by atoms with Crippen LogP contribution in [0.25, 0.3) is 10.9 Å². The first-order valence-electron chi connectivity index (χ1n) is 11.2. The van der Waals surface area contributed by atoms with Gasteiger partial charge in [-0.2, -0.15) is 5.10 Å². The molecule has 33 heavy (non-hydrogen) atoms. The van der Waals surface area contributed by atoms with Gasteiger partial charge in [-0.05, 0) is 41.3 Å². The summed E-state index contributed by atoms with van der Waals surface area (Å²) in [6.45, 7) is 0.647. The second kappa shape index (κ2) is 8.90. The summed E-state index contributed by atoms with van der Waals surface area (Å²) >= 11 is 0. The number of benzene rings is 3. The summed E-state index contributed by atoms with van der Waals surface area (Å²) in [6.07, 6.45) is 2.93. The molecule has 6 nitrogen and oxygen atoms in total. The van der Waals surface area contributed by atoms with Crippen LogP contribution in [-0.4, -0.2) is 33.0 Å². The molecule has 1 unspecified atom stereocenters. The molecule has 3 aromatic carbocycles. The van der Waals surface area contributed by atoms with Crippen molar-refractivity contribution in [2.24, 2.45) is 7.05 Å². The highest BCUT2D eigenvalue weighted by Crippen LogP contribution is 2.35. The van der Waals surface area contributed by atoms with Gasteiger partial charge in [0.2, 0.25) is 11.8 Å². The van der Waals surface area contributed by atoms with Crippen molar-refractivity contribution >= 4 is 28.4 Å². The van der Waals surface area contributed by atoms with Gasteiger partial charge in [-0.15, -0.1) is 0 Å². The average molecular weight is 439 g/mol. The summed E-state index contributed by atoms with van der Waals surface area (Å²) in [6, 6.07) is 24.0. The summed E-state index contributed by atoms with van der Waals surface area (Å²) in [7, 11) is 1.87. The van der Waals surface area contributed by atoms with Crippen molar-refractivity contribution < 1.29 is 9.59 Å².